The van der Waals surface area contributed by atoms with Gasteiger partial charge in [-0.05, 0) is 26.7 Å². The summed E-state index contributed by atoms with van der Waals surface area (Å²) in [5, 5.41) is 23.5. The Bertz CT molecular complexity index is 507. The van der Waals surface area contributed by atoms with E-state index in [2.05, 4.69) is 10.6 Å². The molecule has 0 aromatic carbocycles. The Morgan fingerprint density at radius 2 is 1.92 bits per heavy atom. The molecule has 136 valence electrons. The summed E-state index contributed by atoms with van der Waals surface area (Å²) in [5.74, 6) is -3.01. The van der Waals surface area contributed by atoms with E-state index in [-0.39, 0.29) is 6.54 Å². The van der Waals surface area contributed by atoms with E-state index >= 15 is 0 Å². The number of likely N-dealkylation sites (tertiary alicyclic amines) is 1. The van der Waals surface area contributed by atoms with Crippen LogP contribution in [0.15, 0.2) is 0 Å². The standard InChI is InChI=1S/C14H24N4O6/c1-7(15)12(21)16-6-10(20)17-11(8(2)19)13(22)18-5-3-4-9(18)14(23)24/h7-9,11,19H,3-6,15H2,1-2H3,(H,16,21)(H,17,20)(H,23,24). The van der Waals surface area contributed by atoms with E-state index in [9.17, 15) is 24.3 Å². The van der Waals surface area contributed by atoms with Crippen LogP contribution in [0.3, 0.4) is 0 Å². The summed E-state index contributed by atoms with van der Waals surface area (Å²) in [7, 11) is 0. The maximum atomic E-state index is 12.5. The number of carboxylic acids is 1. The molecule has 10 heteroatoms. The van der Waals surface area contributed by atoms with Gasteiger partial charge in [-0.15, -0.1) is 0 Å². The lowest BCUT2D eigenvalue weighted by molar-refractivity contribution is -0.150. The van der Waals surface area contributed by atoms with Crippen molar-refractivity contribution >= 4 is 23.7 Å². The van der Waals surface area contributed by atoms with Crippen LogP contribution in [0.1, 0.15) is 26.7 Å². The second-order valence-electron chi connectivity index (χ2n) is 5.82. The fourth-order valence-corrected chi connectivity index (χ4v) is 2.41. The predicted octanol–water partition coefficient (Wildman–Crippen LogP) is -2.61. The second kappa shape index (κ2) is 8.60. The third kappa shape index (κ3) is 5.17. The minimum atomic E-state index is -1.29. The third-order valence-corrected chi connectivity index (χ3v) is 3.72. The van der Waals surface area contributed by atoms with E-state index < -0.39 is 54.5 Å². The molecule has 1 heterocycles. The lowest BCUT2D eigenvalue weighted by Crippen LogP contribution is -2.57. The zero-order valence-electron chi connectivity index (χ0n) is 13.7. The number of aliphatic hydroxyl groups is 1. The molecule has 0 aliphatic carbocycles. The largest absolute Gasteiger partial charge is 0.480 e. The van der Waals surface area contributed by atoms with E-state index in [4.69, 9.17) is 10.8 Å². The molecule has 4 atom stereocenters. The molecule has 1 rings (SSSR count). The Kier molecular flexibility index (Phi) is 7.11. The van der Waals surface area contributed by atoms with Crippen LogP contribution in [-0.2, 0) is 19.2 Å². The van der Waals surface area contributed by atoms with E-state index in [1.165, 1.54) is 13.8 Å². The number of nitrogens with one attached hydrogen (secondary N) is 2. The van der Waals surface area contributed by atoms with Crippen molar-refractivity contribution in [2.75, 3.05) is 13.1 Å². The molecule has 0 radical (unpaired) electrons. The summed E-state index contributed by atoms with van der Waals surface area (Å²) in [6.07, 6.45) is -0.361. The Hall–Kier alpha value is -2.20. The minimum absolute atomic E-state index is 0.246. The second-order valence-corrected chi connectivity index (χ2v) is 5.82. The van der Waals surface area contributed by atoms with Gasteiger partial charge < -0.3 is 31.5 Å². The highest BCUT2D eigenvalue weighted by molar-refractivity contribution is 5.93. The molecule has 10 nitrogen and oxygen atoms in total. The summed E-state index contributed by atoms with van der Waals surface area (Å²) in [6.45, 7) is 2.61. The zero-order valence-corrected chi connectivity index (χ0v) is 13.7. The summed E-state index contributed by atoms with van der Waals surface area (Å²) in [6, 6.07) is -3.04. The van der Waals surface area contributed by atoms with Crippen LogP contribution in [0.5, 0.6) is 0 Å². The van der Waals surface area contributed by atoms with Crippen molar-refractivity contribution in [3.8, 4) is 0 Å². The Labute approximate surface area is 139 Å². The van der Waals surface area contributed by atoms with Gasteiger partial charge in [-0.2, -0.15) is 0 Å². The molecule has 1 saturated heterocycles. The number of carbonyl (C=O) groups excluding carboxylic acids is 3. The van der Waals surface area contributed by atoms with Gasteiger partial charge in [0.15, 0.2) is 0 Å². The van der Waals surface area contributed by atoms with Crippen molar-refractivity contribution in [3.05, 3.63) is 0 Å². The molecule has 1 aliphatic heterocycles. The number of amides is 3. The maximum absolute atomic E-state index is 12.5. The fourth-order valence-electron chi connectivity index (χ4n) is 2.41. The van der Waals surface area contributed by atoms with Crippen LogP contribution >= 0.6 is 0 Å². The first-order valence-electron chi connectivity index (χ1n) is 7.69. The average Bonchev–Trinajstić information content (AvgIpc) is 2.98. The van der Waals surface area contributed by atoms with Crippen LogP contribution in [-0.4, -0.2) is 76.1 Å². The first-order valence-corrected chi connectivity index (χ1v) is 7.69. The third-order valence-electron chi connectivity index (χ3n) is 3.72. The molecular formula is C14H24N4O6. The van der Waals surface area contributed by atoms with Gasteiger partial charge in [0.2, 0.25) is 17.7 Å². The zero-order chi connectivity index (χ0) is 18.4. The molecule has 4 unspecified atom stereocenters. The lowest BCUT2D eigenvalue weighted by Gasteiger charge is -2.28. The van der Waals surface area contributed by atoms with Crippen LogP contribution in [0.2, 0.25) is 0 Å². The van der Waals surface area contributed by atoms with Crippen molar-refractivity contribution in [3.63, 3.8) is 0 Å². The van der Waals surface area contributed by atoms with Crippen LogP contribution in [0.4, 0.5) is 0 Å². The lowest BCUT2D eigenvalue weighted by atomic mass is 10.1. The van der Waals surface area contributed by atoms with Gasteiger partial charge in [0.05, 0.1) is 18.7 Å². The number of hydrogen-bond acceptors (Lipinski definition) is 6. The molecule has 0 bridgehead atoms. The molecule has 6 N–H and O–H groups in total. The number of nitrogens with two attached hydrogens (primary N) is 1. The van der Waals surface area contributed by atoms with Gasteiger partial charge in [-0.25, -0.2) is 4.79 Å². The number of carbonyl (C=O) groups is 4. The van der Waals surface area contributed by atoms with Gasteiger partial charge in [0.25, 0.3) is 0 Å². The van der Waals surface area contributed by atoms with E-state index in [1.807, 2.05) is 0 Å². The molecule has 0 spiro atoms. The van der Waals surface area contributed by atoms with E-state index in [0.29, 0.717) is 12.8 Å². The number of aliphatic carboxylic acids is 1. The smallest absolute Gasteiger partial charge is 0.326 e. The van der Waals surface area contributed by atoms with Gasteiger partial charge >= 0.3 is 5.97 Å². The molecular weight excluding hydrogens is 320 g/mol. The van der Waals surface area contributed by atoms with Crippen LogP contribution < -0.4 is 16.4 Å². The molecule has 0 saturated carbocycles. The van der Waals surface area contributed by atoms with Crippen molar-refractivity contribution in [1.29, 1.82) is 0 Å². The Morgan fingerprint density at radius 3 is 2.42 bits per heavy atom. The molecule has 0 aromatic rings. The highest BCUT2D eigenvalue weighted by atomic mass is 16.4. The number of carboxylic acid groups (broad SMARTS) is 1. The van der Waals surface area contributed by atoms with Crippen LogP contribution in [0, 0.1) is 0 Å². The SMILES string of the molecule is CC(N)C(=O)NCC(=O)NC(C(=O)N1CCCC1C(=O)O)C(C)O. The van der Waals surface area contributed by atoms with Crippen molar-refractivity contribution in [1.82, 2.24) is 15.5 Å². The highest BCUT2D eigenvalue weighted by Crippen LogP contribution is 2.19. The van der Waals surface area contributed by atoms with Crippen molar-refractivity contribution in [2.24, 2.45) is 5.73 Å². The quantitative estimate of drug-likeness (QED) is 0.338. The topological polar surface area (TPSA) is 162 Å². The predicted molar refractivity (Wildman–Crippen MR) is 82.6 cm³/mol. The molecule has 24 heavy (non-hydrogen) atoms. The summed E-state index contributed by atoms with van der Waals surface area (Å²) in [4.78, 5) is 47.9. The first-order chi connectivity index (χ1) is 11.1. The van der Waals surface area contributed by atoms with Gasteiger partial charge in [0, 0.05) is 6.54 Å². The Balaban J connectivity index is 2.69. The maximum Gasteiger partial charge on any atom is 0.326 e. The van der Waals surface area contributed by atoms with Crippen molar-refractivity contribution in [2.45, 2.75) is 50.9 Å². The summed E-state index contributed by atoms with van der Waals surface area (Å²) in [5.41, 5.74) is 5.35. The number of nitrogens with zero attached hydrogens (tertiary/aromatic N) is 1. The van der Waals surface area contributed by atoms with Gasteiger partial charge in [-0.1, -0.05) is 0 Å². The van der Waals surface area contributed by atoms with Crippen LogP contribution in [0.25, 0.3) is 0 Å². The normalized spacial score (nSPS) is 20.8. The fraction of sp³-hybridized carbons (Fsp3) is 0.714. The van der Waals surface area contributed by atoms with E-state index in [0.717, 1.165) is 4.90 Å². The average molecular weight is 344 g/mol. The monoisotopic (exact) mass is 344 g/mol. The molecule has 3 amide bonds. The van der Waals surface area contributed by atoms with E-state index in [1.54, 1.807) is 0 Å². The molecule has 1 fully saturated rings. The number of rotatable bonds is 7. The van der Waals surface area contributed by atoms with Gasteiger partial charge in [-0.3, -0.25) is 14.4 Å². The van der Waals surface area contributed by atoms with Gasteiger partial charge in [0.1, 0.15) is 12.1 Å². The highest BCUT2D eigenvalue weighted by Gasteiger charge is 2.39. The molecule has 0 aromatic heterocycles. The number of hydrogen-bond donors (Lipinski definition) is 5. The summed E-state index contributed by atoms with van der Waals surface area (Å²) >= 11 is 0. The minimum Gasteiger partial charge on any atom is -0.480 e. The van der Waals surface area contributed by atoms with Crippen molar-refractivity contribution < 1.29 is 29.4 Å². The Morgan fingerprint density at radius 1 is 1.29 bits per heavy atom. The number of aliphatic hydroxyl groups excluding tert-OH is 1. The first kappa shape index (κ1) is 19.8. The summed E-state index contributed by atoms with van der Waals surface area (Å²) < 4.78 is 0. The molecule has 1 aliphatic rings.